The molecule has 154 valence electrons. The van der Waals surface area contributed by atoms with Crippen molar-refractivity contribution in [1.29, 1.82) is 0 Å². The first kappa shape index (κ1) is 18.8. The highest BCUT2D eigenvalue weighted by Crippen LogP contribution is 2.42. The van der Waals surface area contributed by atoms with Crippen LogP contribution in [-0.2, 0) is 9.59 Å². The van der Waals surface area contributed by atoms with Crippen molar-refractivity contribution in [1.82, 2.24) is 9.97 Å². The number of benzene rings is 1. The molecule has 1 unspecified atom stereocenters. The molecule has 0 bridgehead atoms. The van der Waals surface area contributed by atoms with Crippen LogP contribution in [0.4, 0.5) is 5.82 Å². The van der Waals surface area contributed by atoms with Crippen LogP contribution >= 0.6 is 0 Å². The van der Waals surface area contributed by atoms with E-state index < -0.39 is 17.7 Å². The molecule has 2 aromatic heterocycles. The zero-order chi connectivity index (χ0) is 21.4. The van der Waals surface area contributed by atoms with Crippen molar-refractivity contribution >= 4 is 23.3 Å². The van der Waals surface area contributed by atoms with Gasteiger partial charge in [-0.2, -0.15) is 0 Å². The first-order valence-corrected chi connectivity index (χ1v) is 9.67. The number of ketones is 1. The third kappa shape index (κ3) is 3.18. The zero-order valence-corrected chi connectivity index (χ0v) is 16.3. The van der Waals surface area contributed by atoms with Crippen LogP contribution in [0, 0.1) is 0 Å². The van der Waals surface area contributed by atoms with Crippen LogP contribution in [0.2, 0.25) is 0 Å². The molecule has 1 amide bonds. The second-order valence-corrected chi connectivity index (χ2v) is 7.00. The summed E-state index contributed by atoms with van der Waals surface area (Å²) in [6.07, 6.45) is 4.69. The highest BCUT2D eigenvalue weighted by molar-refractivity contribution is 6.51. The van der Waals surface area contributed by atoms with Crippen LogP contribution in [-0.4, -0.2) is 40.0 Å². The maximum absolute atomic E-state index is 13.1. The van der Waals surface area contributed by atoms with Gasteiger partial charge in [-0.05, 0) is 42.0 Å². The molecule has 1 N–H and O–H groups in total. The van der Waals surface area contributed by atoms with Crippen molar-refractivity contribution in [2.45, 2.75) is 6.04 Å². The first-order chi connectivity index (χ1) is 15.1. The fourth-order valence-corrected chi connectivity index (χ4v) is 3.76. The predicted molar refractivity (Wildman–Crippen MR) is 111 cm³/mol. The van der Waals surface area contributed by atoms with Gasteiger partial charge in [0.15, 0.2) is 11.5 Å². The molecular formula is C23H17N3O5. The molecule has 0 saturated carbocycles. The summed E-state index contributed by atoms with van der Waals surface area (Å²) < 4.78 is 11.1. The molecule has 0 aliphatic carbocycles. The highest BCUT2D eigenvalue weighted by Gasteiger charge is 2.47. The number of anilines is 1. The summed E-state index contributed by atoms with van der Waals surface area (Å²) in [6, 6.07) is 12.5. The molecule has 8 heteroatoms. The molecule has 0 spiro atoms. The van der Waals surface area contributed by atoms with Gasteiger partial charge in [0.1, 0.15) is 24.8 Å². The number of nitrogens with zero attached hydrogens (tertiary/aromatic N) is 3. The maximum atomic E-state index is 13.1. The lowest BCUT2D eigenvalue weighted by Gasteiger charge is -2.24. The third-order valence-corrected chi connectivity index (χ3v) is 5.16. The Bertz CT molecular complexity index is 1190. The summed E-state index contributed by atoms with van der Waals surface area (Å²) in [5.41, 5.74) is 0.879. The summed E-state index contributed by atoms with van der Waals surface area (Å²) >= 11 is 0. The van der Waals surface area contributed by atoms with E-state index in [2.05, 4.69) is 9.97 Å². The number of hydrogen-bond acceptors (Lipinski definition) is 7. The number of hydrogen-bond donors (Lipinski definition) is 1. The molecule has 0 radical (unpaired) electrons. The van der Waals surface area contributed by atoms with Crippen LogP contribution in [0.1, 0.15) is 17.2 Å². The molecule has 31 heavy (non-hydrogen) atoms. The first-order valence-electron chi connectivity index (χ1n) is 9.67. The van der Waals surface area contributed by atoms with Crippen molar-refractivity contribution in [2.75, 3.05) is 18.1 Å². The van der Waals surface area contributed by atoms with E-state index in [0.717, 1.165) is 0 Å². The number of pyridine rings is 2. The van der Waals surface area contributed by atoms with E-state index in [1.165, 1.54) is 11.1 Å². The number of rotatable bonds is 3. The second kappa shape index (κ2) is 7.56. The van der Waals surface area contributed by atoms with Crippen molar-refractivity contribution in [2.24, 2.45) is 0 Å². The van der Waals surface area contributed by atoms with E-state index in [-0.39, 0.29) is 11.3 Å². The molecule has 1 aromatic carbocycles. The third-order valence-electron chi connectivity index (χ3n) is 5.16. The number of Topliss-reactive ketones (excluding diaryl/α,β-unsaturated/α-hetero) is 1. The largest absolute Gasteiger partial charge is 0.507 e. The molecule has 1 fully saturated rings. The molecule has 1 saturated heterocycles. The van der Waals surface area contributed by atoms with Crippen molar-refractivity contribution in [3.8, 4) is 11.5 Å². The lowest BCUT2D eigenvalue weighted by Crippen LogP contribution is -2.30. The van der Waals surface area contributed by atoms with E-state index in [4.69, 9.17) is 9.47 Å². The summed E-state index contributed by atoms with van der Waals surface area (Å²) in [4.78, 5) is 35.7. The maximum Gasteiger partial charge on any atom is 0.301 e. The SMILES string of the molecule is O=C1C(=O)N(c2ccccn2)C(c2cccnc2)C1=C(O)c1ccc2c(c1)OCCO2. The Hall–Kier alpha value is -4.20. The predicted octanol–water partition coefficient (Wildman–Crippen LogP) is 2.87. The van der Waals surface area contributed by atoms with Crippen molar-refractivity contribution in [3.63, 3.8) is 0 Å². The van der Waals surface area contributed by atoms with Gasteiger partial charge in [0.2, 0.25) is 0 Å². The van der Waals surface area contributed by atoms with Crippen LogP contribution in [0.25, 0.3) is 5.76 Å². The zero-order valence-electron chi connectivity index (χ0n) is 16.3. The van der Waals surface area contributed by atoms with E-state index in [9.17, 15) is 14.7 Å². The van der Waals surface area contributed by atoms with E-state index in [1.807, 2.05) is 0 Å². The second-order valence-electron chi connectivity index (χ2n) is 7.00. The van der Waals surface area contributed by atoms with Crippen LogP contribution in [0.3, 0.4) is 0 Å². The summed E-state index contributed by atoms with van der Waals surface area (Å²) in [5, 5.41) is 11.1. The number of amides is 1. The Labute approximate surface area is 177 Å². The standard InChI is InChI=1S/C23H17N3O5/c27-21(14-6-7-16-17(12-14)31-11-10-30-16)19-20(15-4-3-8-24-13-15)26(23(29)22(19)28)18-5-1-2-9-25-18/h1-9,12-13,20,27H,10-11H2. The monoisotopic (exact) mass is 415 g/mol. The topological polar surface area (TPSA) is 102 Å². The lowest BCUT2D eigenvalue weighted by molar-refractivity contribution is -0.132. The van der Waals surface area contributed by atoms with Crippen molar-refractivity contribution in [3.05, 3.63) is 83.8 Å². The Morgan fingerprint density at radius 3 is 2.58 bits per heavy atom. The average molecular weight is 415 g/mol. The van der Waals surface area contributed by atoms with Gasteiger partial charge in [0.25, 0.3) is 5.78 Å². The highest BCUT2D eigenvalue weighted by atomic mass is 16.6. The van der Waals surface area contributed by atoms with Gasteiger partial charge in [0.05, 0.1) is 11.6 Å². The minimum absolute atomic E-state index is 0.0414. The van der Waals surface area contributed by atoms with Gasteiger partial charge in [-0.1, -0.05) is 12.1 Å². The summed E-state index contributed by atoms with van der Waals surface area (Å²) in [6.45, 7) is 0.825. The van der Waals surface area contributed by atoms with Gasteiger partial charge in [-0.15, -0.1) is 0 Å². The molecule has 5 rings (SSSR count). The summed E-state index contributed by atoms with van der Waals surface area (Å²) in [7, 11) is 0. The number of ether oxygens (including phenoxy) is 2. The summed E-state index contributed by atoms with van der Waals surface area (Å²) in [5.74, 6) is -0.548. The van der Waals surface area contributed by atoms with E-state index in [0.29, 0.717) is 41.7 Å². The van der Waals surface area contributed by atoms with E-state index in [1.54, 1.807) is 60.9 Å². The smallest absolute Gasteiger partial charge is 0.301 e. The number of aromatic nitrogens is 2. The quantitative estimate of drug-likeness (QED) is 0.399. The molecule has 3 aromatic rings. The number of aliphatic hydroxyl groups excluding tert-OH is 1. The molecule has 8 nitrogen and oxygen atoms in total. The van der Waals surface area contributed by atoms with Gasteiger partial charge < -0.3 is 14.6 Å². The Kier molecular flexibility index (Phi) is 4.59. The number of carbonyl (C=O) groups excluding carboxylic acids is 2. The Morgan fingerprint density at radius 1 is 1.00 bits per heavy atom. The minimum atomic E-state index is -0.878. The molecular weight excluding hydrogens is 398 g/mol. The van der Waals surface area contributed by atoms with E-state index >= 15 is 0 Å². The molecule has 2 aliphatic heterocycles. The van der Waals surface area contributed by atoms with Gasteiger partial charge in [-0.3, -0.25) is 19.5 Å². The Morgan fingerprint density at radius 2 is 1.84 bits per heavy atom. The van der Waals surface area contributed by atoms with Gasteiger partial charge in [-0.25, -0.2) is 4.98 Å². The number of aliphatic hydroxyl groups is 1. The van der Waals surface area contributed by atoms with Gasteiger partial charge in [0, 0.05) is 24.2 Å². The molecule has 4 heterocycles. The minimum Gasteiger partial charge on any atom is -0.507 e. The average Bonchev–Trinajstić information content (AvgIpc) is 3.10. The molecule has 1 atom stereocenters. The Balaban J connectivity index is 1.69. The molecule has 2 aliphatic rings. The normalized spacial score (nSPS) is 19.5. The fourth-order valence-electron chi connectivity index (χ4n) is 3.76. The number of carbonyl (C=O) groups is 2. The van der Waals surface area contributed by atoms with Crippen LogP contribution < -0.4 is 14.4 Å². The number of fused-ring (bicyclic) bond motifs is 1. The van der Waals surface area contributed by atoms with Crippen molar-refractivity contribution < 1.29 is 24.2 Å². The lowest BCUT2D eigenvalue weighted by atomic mass is 9.96. The van der Waals surface area contributed by atoms with Crippen LogP contribution in [0.15, 0.2) is 72.7 Å². The fraction of sp³-hybridized carbons (Fsp3) is 0.130. The van der Waals surface area contributed by atoms with Gasteiger partial charge >= 0.3 is 5.91 Å². The van der Waals surface area contributed by atoms with Crippen LogP contribution in [0.5, 0.6) is 11.5 Å².